The number of nitrogen functional groups attached to an aromatic ring is 1. The maximum Gasteiger partial charge on any atom is 0.340 e. The van der Waals surface area contributed by atoms with Crippen molar-refractivity contribution in [2.24, 2.45) is 0 Å². The number of pyridine rings is 1. The molecule has 6 nitrogen and oxygen atoms in total. The summed E-state index contributed by atoms with van der Waals surface area (Å²) in [5.74, 6) is -0.249. The summed E-state index contributed by atoms with van der Waals surface area (Å²) >= 11 is 0. The zero-order valence-corrected chi connectivity index (χ0v) is 11.1. The van der Waals surface area contributed by atoms with Crippen LogP contribution in [0.15, 0.2) is 12.3 Å². The number of anilines is 2. The number of halogens is 2. The summed E-state index contributed by atoms with van der Waals surface area (Å²) in [5, 5.41) is 2.81. The van der Waals surface area contributed by atoms with Gasteiger partial charge in [-0.25, -0.2) is 18.6 Å². The van der Waals surface area contributed by atoms with Gasteiger partial charge in [-0.2, -0.15) is 0 Å². The third kappa shape index (κ3) is 4.96. The third-order valence-electron chi connectivity index (χ3n) is 2.27. The average Bonchev–Trinajstić information content (AvgIpc) is 2.40. The number of aromatic nitrogens is 1. The van der Waals surface area contributed by atoms with Crippen molar-refractivity contribution < 1.29 is 23.0 Å². The van der Waals surface area contributed by atoms with Crippen molar-refractivity contribution in [3.63, 3.8) is 0 Å². The van der Waals surface area contributed by atoms with Gasteiger partial charge in [0.15, 0.2) is 0 Å². The molecule has 0 aromatic carbocycles. The molecule has 0 saturated carbocycles. The fourth-order valence-electron chi connectivity index (χ4n) is 1.41. The Labute approximate surface area is 115 Å². The van der Waals surface area contributed by atoms with E-state index in [2.05, 4.69) is 10.3 Å². The maximum atomic E-state index is 11.8. The molecule has 1 heterocycles. The lowest BCUT2D eigenvalue weighted by Crippen LogP contribution is -2.16. The Bertz CT molecular complexity index is 444. The number of hydrogen-bond acceptors (Lipinski definition) is 6. The van der Waals surface area contributed by atoms with E-state index in [1.165, 1.54) is 12.3 Å². The normalized spacial score (nSPS) is 10.6. The Morgan fingerprint density at radius 3 is 2.95 bits per heavy atom. The molecule has 0 spiro atoms. The van der Waals surface area contributed by atoms with Gasteiger partial charge in [0, 0.05) is 12.7 Å². The van der Waals surface area contributed by atoms with Crippen LogP contribution in [0.25, 0.3) is 0 Å². The van der Waals surface area contributed by atoms with Crippen LogP contribution in [0.3, 0.4) is 0 Å². The molecule has 0 bridgehead atoms. The number of hydrogen-bond donors (Lipinski definition) is 2. The van der Waals surface area contributed by atoms with Crippen LogP contribution in [-0.2, 0) is 9.47 Å². The summed E-state index contributed by atoms with van der Waals surface area (Å²) in [6.45, 7) is 1.64. The molecule has 1 aromatic heterocycles. The number of nitrogens with one attached hydrogen (secondary N) is 1. The Balaban J connectivity index is 2.54. The highest BCUT2D eigenvalue weighted by Gasteiger charge is 2.14. The molecule has 1 rings (SSSR count). The van der Waals surface area contributed by atoms with E-state index in [0.717, 1.165) is 0 Å². The van der Waals surface area contributed by atoms with Gasteiger partial charge in [0.05, 0.1) is 24.5 Å². The molecule has 1 aromatic rings. The molecule has 8 heteroatoms. The van der Waals surface area contributed by atoms with Gasteiger partial charge in [-0.3, -0.25) is 0 Å². The molecule has 0 aliphatic rings. The van der Waals surface area contributed by atoms with Crippen LogP contribution in [0.4, 0.5) is 20.3 Å². The van der Waals surface area contributed by atoms with Gasteiger partial charge in [0.25, 0.3) is 6.43 Å². The first-order valence-corrected chi connectivity index (χ1v) is 6.07. The standard InChI is InChI=1S/C12H17F2N3O3/c1-2-20-12(18)8-3-4-16-11(10(8)15)17-5-6-19-7-9(13)14/h3-4,9H,2,5-7,15H2,1H3,(H,16,17). The number of carbonyl (C=O) groups excluding carboxylic acids is 1. The lowest BCUT2D eigenvalue weighted by Gasteiger charge is -2.11. The van der Waals surface area contributed by atoms with Crippen molar-refractivity contribution in [1.82, 2.24) is 4.98 Å². The highest BCUT2D eigenvalue weighted by atomic mass is 19.3. The first kappa shape index (κ1) is 16.1. The Morgan fingerprint density at radius 1 is 1.55 bits per heavy atom. The number of nitrogens with two attached hydrogens (primary N) is 1. The van der Waals surface area contributed by atoms with Crippen molar-refractivity contribution in [3.8, 4) is 0 Å². The van der Waals surface area contributed by atoms with Crippen LogP contribution in [0.2, 0.25) is 0 Å². The molecule has 0 amide bonds. The van der Waals surface area contributed by atoms with E-state index in [9.17, 15) is 13.6 Å². The Kier molecular flexibility index (Phi) is 6.65. The number of carbonyl (C=O) groups is 1. The minimum Gasteiger partial charge on any atom is -0.462 e. The minimum absolute atomic E-state index is 0.0785. The summed E-state index contributed by atoms with van der Waals surface area (Å²) in [6, 6.07) is 1.45. The van der Waals surface area contributed by atoms with E-state index in [1.54, 1.807) is 6.92 Å². The van der Waals surface area contributed by atoms with Crippen molar-refractivity contribution in [2.45, 2.75) is 13.3 Å². The van der Waals surface area contributed by atoms with Crippen molar-refractivity contribution in [1.29, 1.82) is 0 Å². The minimum atomic E-state index is -2.50. The topological polar surface area (TPSA) is 86.5 Å². The van der Waals surface area contributed by atoms with Crippen LogP contribution in [0, 0.1) is 0 Å². The van der Waals surface area contributed by atoms with Gasteiger partial charge in [0.1, 0.15) is 12.4 Å². The second kappa shape index (κ2) is 8.26. The highest BCUT2D eigenvalue weighted by molar-refractivity contribution is 5.97. The lowest BCUT2D eigenvalue weighted by molar-refractivity contribution is 0.0214. The molecule has 3 N–H and O–H groups in total. The highest BCUT2D eigenvalue weighted by Crippen LogP contribution is 2.20. The van der Waals surface area contributed by atoms with Crippen LogP contribution in [0.5, 0.6) is 0 Å². The van der Waals surface area contributed by atoms with Gasteiger partial charge in [-0.15, -0.1) is 0 Å². The van der Waals surface area contributed by atoms with Gasteiger partial charge in [0.2, 0.25) is 0 Å². The molecule has 0 saturated heterocycles. The Morgan fingerprint density at radius 2 is 2.30 bits per heavy atom. The quantitative estimate of drug-likeness (QED) is 0.557. The zero-order valence-electron chi connectivity index (χ0n) is 11.1. The summed E-state index contributed by atoms with van der Waals surface area (Å²) < 4.78 is 33.2. The van der Waals surface area contributed by atoms with Gasteiger partial charge in [-0.05, 0) is 13.0 Å². The smallest absolute Gasteiger partial charge is 0.340 e. The number of rotatable bonds is 8. The van der Waals surface area contributed by atoms with Crippen LogP contribution in [-0.4, -0.2) is 43.7 Å². The lowest BCUT2D eigenvalue weighted by atomic mass is 10.2. The van der Waals surface area contributed by atoms with Crippen molar-refractivity contribution in [2.75, 3.05) is 37.4 Å². The van der Waals surface area contributed by atoms with E-state index in [0.29, 0.717) is 0 Å². The second-order valence-corrected chi connectivity index (χ2v) is 3.73. The molecule has 0 aliphatic carbocycles. The first-order chi connectivity index (χ1) is 9.56. The van der Waals surface area contributed by atoms with Crippen molar-refractivity contribution >= 4 is 17.5 Å². The van der Waals surface area contributed by atoms with Crippen molar-refractivity contribution in [3.05, 3.63) is 17.8 Å². The molecule has 0 fully saturated rings. The van der Waals surface area contributed by atoms with Crippen LogP contribution < -0.4 is 11.1 Å². The first-order valence-electron chi connectivity index (χ1n) is 6.07. The molecule has 20 heavy (non-hydrogen) atoms. The van der Waals surface area contributed by atoms with Crippen LogP contribution in [0.1, 0.15) is 17.3 Å². The van der Waals surface area contributed by atoms with E-state index in [1.807, 2.05) is 0 Å². The molecule has 0 atom stereocenters. The fraction of sp³-hybridized carbons (Fsp3) is 0.500. The summed E-state index contributed by atoms with van der Waals surface area (Å²) in [7, 11) is 0. The maximum absolute atomic E-state index is 11.8. The number of ether oxygens (including phenoxy) is 2. The largest absolute Gasteiger partial charge is 0.462 e. The van der Waals surface area contributed by atoms with Gasteiger partial charge in [-0.1, -0.05) is 0 Å². The monoisotopic (exact) mass is 289 g/mol. The van der Waals surface area contributed by atoms with Gasteiger partial charge >= 0.3 is 5.97 Å². The predicted octanol–water partition coefficient (Wildman–Crippen LogP) is 1.53. The molecule has 0 aliphatic heterocycles. The van der Waals surface area contributed by atoms with E-state index >= 15 is 0 Å². The number of alkyl halides is 2. The third-order valence-corrected chi connectivity index (χ3v) is 2.27. The van der Waals surface area contributed by atoms with E-state index in [-0.39, 0.29) is 36.8 Å². The van der Waals surface area contributed by atoms with E-state index < -0.39 is 19.0 Å². The molecular weight excluding hydrogens is 272 g/mol. The van der Waals surface area contributed by atoms with Crippen LogP contribution >= 0.6 is 0 Å². The number of esters is 1. The summed E-state index contributed by atoms with van der Waals surface area (Å²) in [4.78, 5) is 15.6. The fourth-order valence-corrected chi connectivity index (χ4v) is 1.41. The summed E-state index contributed by atoms with van der Waals surface area (Å²) in [5.41, 5.74) is 6.15. The molecule has 0 radical (unpaired) electrons. The molecule has 0 unspecified atom stereocenters. The van der Waals surface area contributed by atoms with Gasteiger partial charge < -0.3 is 20.5 Å². The molecule has 112 valence electrons. The Hall–Kier alpha value is -1.96. The zero-order chi connectivity index (χ0) is 15.0. The summed E-state index contributed by atoms with van der Waals surface area (Å²) in [6.07, 6.45) is -1.09. The number of nitrogens with zero attached hydrogens (tertiary/aromatic N) is 1. The average molecular weight is 289 g/mol. The molecular formula is C12H17F2N3O3. The second-order valence-electron chi connectivity index (χ2n) is 3.73. The van der Waals surface area contributed by atoms with E-state index in [4.69, 9.17) is 15.2 Å². The predicted molar refractivity (Wildman–Crippen MR) is 69.9 cm³/mol. The SMILES string of the molecule is CCOC(=O)c1ccnc(NCCOCC(F)F)c1N.